The van der Waals surface area contributed by atoms with Gasteiger partial charge in [0.25, 0.3) is 0 Å². The topological polar surface area (TPSA) is 79.6 Å². The number of benzene rings is 1. The molecule has 1 N–H and O–H groups in total. The molecule has 1 amide bonds. The highest BCUT2D eigenvalue weighted by molar-refractivity contribution is 7.88. The van der Waals surface area contributed by atoms with Crippen LogP contribution < -0.4 is 5.32 Å². The van der Waals surface area contributed by atoms with E-state index in [1.54, 1.807) is 18.2 Å². The number of sulfonamides is 1. The van der Waals surface area contributed by atoms with Crippen LogP contribution >= 0.6 is 0 Å². The van der Waals surface area contributed by atoms with E-state index in [0.717, 1.165) is 19.1 Å². The Hall–Kier alpha value is -2.38. The lowest BCUT2D eigenvalue weighted by atomic mass is 10.1. The first-order chi connectivity index (χ1) is 12.7. The van der Waals surface area contributed by atoms with Crippen molar-refractivity contribution in [2.75, 3.05) is 13.3 Å². The lowest BCUT2D eigenvalue weighted by Crippen LogP contribution is -2.31. The van der Waals surface area contributed by atoms with Gasteiger partial charge in [-0.2, -0.15) is 4.31 Å². The summed E-state index contributed by atoms with van der Waals surface area (Å²) in [6, 6.07) is 13.6. The summed E-state index contributed by atoms with van der Waals surface area (Å²) < 4.78 is 29.6. The Morgan fingerprint density at radius 1 is 1.22 bits per heavy atom. The Labute approximate surface area is 160 Å². The van der Waals surface area contributed by atoms with Crippen molar-refractivity contribution in [3.05, 3.63) is 65.6 Å². The maximum Gasteiger partial charge on any atom is 0.244 e. The third kappa shape index (κ3) is 7.40. The van der Waals surface area contributed by atoms with Crippen LogP contribution in [0.2, 0.25) is 0 Å². The lowest BCUT2D eigenvalue weighted by molar-refractivity contribution is -0.117. The van der Waals surface area contributed by atoms with Crippen molar-refractivity contribution in [2.45, 2.75) is 32.4 Å². The second kappa shape index (κ2) is 9.53. The van der Waals surface area contributed by atoms with Crippen LogP contribution in [0, 0.1) is 0 Å². The fourth-order valence-electron chi connectivity index (χ4n) is 2.45. The number of carbonyl (C=O) groups excluding carboxylic acids is 1. The molecule has 0 aliphatic heterocycles. The van der Waals surface area contributed by atoms with Crippen molar-refractivity contribution in [1.29, 1.82) is 0 Å². The van der Waals surface area contributed by atoms with Crippen molar-refractivity contribution in [3.8, 4) is 0 Å². The quantitative estimate of drug-likeness (QED) is 0.668. The van der Waals surface area contributed by atoms with E-state index in [0.29, 0.717) is 11.5 Å². The second-order valence-corrected chi connectivity index (χ2v) is 8.68. The Morgan fingerprint density at radius 2 is 1.93 bits per heavy atom. The van der Waals surface area contributed by atoms with E-state index in [1.165, 1.54) is 23.0 Å². The van der Waals surface area contributed by atoms with Crippen LogP contribution in [-0.4, -0.2) is 38.0 Å². The molecule has 0 aliphatic rings. The molecule has 0 fully saturated rings. The number of carbonyl (C=O) groups is 1. The summed E-state index contributed by atoms with van der Waals surface area (Å²) in [5.41, 5.74) is 1.25. The second-order valence-electron chi connectivity index (χ2n) is 6.59. The number of nitrogens with zero attached hydrogens (tertiary/aromatic N) is 1. The first kappa shape index (κ1) is 20.9. The van der Waals surface area contributed by atoms with Gasteiger partial charge >= 0.3 is 0 Å². The third-order valence-electron chi connectivity index (χ3n) is 4.12. The molecule has 0 unspecified atom stereocenters. The summed E-state index contributed by atoms with van der Waals surface area (Å²) in [6.07, 6.45) is 5.89. The smallest absolute Gasteiger partial charge is 0.244 e. The first-order valence-corrected chi connectivity index (χ1v) is 10.6. The van der Waals surface area contributed by atoms with Gasteiger partial charge in [0.15, 0.2) is 0 Å². The van der Waals surface area contributed by atoms with Gasteiger partial charge < -0.3 is 9.73 Å². The molecule has 0 bridgehead atoms. The van der Waals surface area contributed by atoms with Crippen molar-refractivity contribution < 1.29 is 17.6 Å². The van der Waals surface area contributed by atoms with Crippen molar-refractivity contribution >= 4 is 22.0 Å². The SMILES string of the molecule is C[C@@H](CCc1ccccc1)NC(=O)/C=C/c1ccc(CN(C)S(C)(=O)=O)o1. The molecular formula is C20H26N2O4S. The van der Waals surface area contributed by atoms with Crippen molar-refractivity contribution in [1.82, 2.24) is 9.62 Å². The molecule has 7 heteroatoms. The molecule has 0 saturated heterocycles. The van der Waals surface area contributed by atoms with E-state index < -0.39 is 10.0 Å². The molecule has 1 aromatic heterocycles. The third-order valence-corrected chi connectivity index (χ3v) is 5.38. The summed E-state index contributed by atoms with van der Waals surface area (Å²) in [6.45, 7) is 2.12. The molecule has 2 rings (SSSR count). The van der Waals surface area contributed by atoms with Gasteiger partial charge in [0.1, 0.15) is 11.5 Å². The lowest BCUT2D eigenvalue weighted by Gasteiger charge is -2.12. The van der Waals surface area contributed by atoms with E-state index in [-0.39, 0.29) is 18.5 Å². The highest BCUT2D eigenvalue weighted by atomic mass is 32.2. The van der Waals surface area contributed by atoms with Crippen LogP contribution in [0.15, 0.2) is 53.0 Å². The van der Waals surface area contributed by atoms with Gasteiger partial charge in [0.05, 0.1) is 12.8 Å². The maximum atomic E-state index is 12.0. The Bertz CT molecular complexity index is 872. The Kier molecular flexibility index (Phi) is 7.38. The average molecular weight is 391 g/mol. The van der Waals surface area contributed by atoms with Crippen LogP contribution in [-0.2, 0) is 27.8 Å². The van der Waals surface area contributed by atoms with E-state index in [2.05, 4.69) is 17.4 Å². The normalized spacial score (nSPS) is 13.2. The molecule has 0 spiro atoms. The molecule has 0 saturated carbocycles. The molecule has 2 aromatic rings. The van der Waals surface area contributed by atoms with Crippen LogP contribution in [0.3, 0.4) is 0 Å². The zero-order valence-electron chi connectivity index (χ0n) is 15.9. The molecule has 1 heterocycles. The van der Waals surface area contributed by atoms with Gasteiger partial charge in [-0.3, -0.25) is 4.79 Å². The molecule has 27 heavy (non-hydrogen) atoms. The highest BCUT2D eigenvalue weighted by Crippen LogP contribution is 2.13. The number of hydrogen-bond acceptors (Lipinski definition) is 4. The maximum absolute atomic E-state index is 12.0. The standard InChI is InChI=1S/C20H26N2O4S/c1-16(9-10-17-7-5-4-6-8-17)21-20(23)14-13-18-11-12-19(26-18)15-22(2)27(3,24)25/h4-8,11-14,16H,9-10,15H2,1-3H3,(H,21,23)/b14-13+/t16-/m0/s1. The molecule has 0 aliphatic carbocycles. The van der Waals surface area contributed by atoms with Gasteiger partial charge in [-0.05, 0) is 43.5 Å². The van der Waals surface area contributed by atoms with Gasteiger partial charge in [0, 0.05) is 19.2 Å². The minimum atomic E-state index is -3.27. The molecule has 1 aromatic carbocycles. The number of amides is 1. The first-order valence-electron chi connectivity index (χ1n) is 8.76. The fraction of sp³-hybridized carbons (Fsp3) is 0.350. The fourth-order valence-corrected chi connectivity index (χ4v) is 2.82. The highest BCUT2D eigenvalue weighted by Gasteiger charge is 2.13. The predicted octanol–water partition coefficient (Wildman–Crippen LogP) is 2.82. The molecule has 1 atom stereocenters. The monoisotopic (exact) mass is 390 g/mol. The Morgan fingerprint density at radius 3 is 2.59 bits per heavy atom. The van der Waals surface area contributed by atoms with Crippen LogP contribution in [0.1, 0.15) is 30.4 Å². The molecule has 6 nitrogen and oxygen atoms in total. The number of furan rings is 1. The summed E-state index contributed by atoms with van der Waals surface area (Å²) in [4.78, 5) is 12.0. The number of nitrogens with one attached hydrogen (secondary N) is 1. The van der Waals surface area contributed by atoms with E-state index in [4.69, 9.17) is 4.42 Å². The summed E-state index contributed by atoms with van der Waals surface area (Å²) >= 11 is 0. The van der Waals surface area contributed by atoms with E-state index in [9.17, 15) is 13.2 Å². The van der Waals surface area contributed by atoms with Crippen LogP contribution in [0.4, 0.5) is 0 Å². The number of aryl methyl sites for hydroxylation is 1. The number of hydrogen-bond donors (Lipinski definition) is 1. The zero-order valence-corrected chi connectivity index (χ0v) is 16.7. The minimum absolute atomic E-state index is 0.0536. The summed E-state index contributed by atoms with van der Waals surface area (Å²) in [7, 11) is -1.78. The van der Waals surface area contributed by atoms with Crippen LogP contribution in [0.25, 0.3) is 6.08 Å². The summed E-state index contributed by atoms with van der Waals surface area (Å²) in [5.74, 6) is 0.819. The van der Waals surface area contributed by atoms with Crippen molar-refractivity contribution in [2.24, 2.45) is 0 Å². The summed E-state index contributed by atoms with van der Waals surface area (Å²) in [5, 5.41) is 2.92. The van der Waals surface area contributed by atoms with Gasteiger partial charge in [-0.15, -0.1) is 0 Å². The molecular weight excluding hydrogens is 364 g/mol. The Balaban J connectivity index is 1.80. The number of rotatable bonds is 9. The van der Waals surface area contributed by atoms with Crippen LogP contribution in [0.5, 0.6) is 0 Å². The van der Waals surface area contributed by atoms with E-state index >= 15 is 0 Å². The van der Waals surface area contributed by atoms with Crippen molar-refractivity contribution in [3.63, 3.8) is 0 Å². The van der Waals surface area contributed by atoms with Gasteiger partial charge in [0.2, 0.25) is 15.9 Å². The molecule has 146 valence electrons. The molecule has 0 radical (unpaired) electrons. The average Bonchev–Trinajstić information content (AvgIpc) is 3.06. The van der Waals surface area contributed by atoms with Gasteiger partial charge in [-0.25, -0.2) is 8.42 Å². The minimum Gasteiger partial charge on any atom is -0.460 e. The van der Waals surface area contributed by atoms with E-state index in [1.807, 2.05) is 25.1 Å². The van der Waals surface area contributed by atoms with Gasteiger partial charge in [-0.1, -0.05) is 30.3 Å². The zero-order chi connectivity index (χ0) is 19.9. The predicted molar refractivity (Wildman–Crippen MR) is 106 cm³/mol. The largest absolute Gasteiger partial charge is 0.460 e.